The third-order valence-corrected chi connectivity index (χ3v) is 2.53. The molecule has 1 aromatic carbocycles. The van der Waals surface area contributed by atoms with Crippen LogP contribution < -0.4 is 0 Å². The van der Waals surface area contributed by atoms with Crippen LogP contribution in [0.3, 0.4) is 0 Å². The number of rotatable bonds is 2. The molecule has 0 spiro atoms. The minimum Gasteiger partial charge on any atom is -0.478 e. The van der Waals surface area contributed by atoms with Gasteiger partial charge in [-0.2, -0.15) is 13.2 Å². The smallest absolute Gasteiger partial charge is 0.417 e. The molecule has 0 radical (unpaired) electrons. The number of carboxylic acid groups (broad SMARTS) is 1. The maximum atomic E-state index is 12.5. The van der Waals surface area contributed by atoms with Crippen LogP contribution in [-0.2, 0) is 6.18 Å². The van der Waals surface area contributed by atoms with E-state index >= 15 is 0 Å². The molecule has 0 aliphatic carbocycles. The average Bonchev–Trinajstić information content (AvgIpc) is 2.38. The first-order chi connectivity index (χ1) is 8.88. The predicted octanol–water partition coefficient (Wildman–Crippen LogP) is 3.47. The summed E-state index contributed by atoms with van der Waals surface area (Å²) in [6.45, 7) is 0. The van der Waals surface area contributed by atoms with Crippen molar-refractivity contribution in [3.63, 3.8) is 0 Å². The van der Waals surface area contributed by atoms with Crippen molar-refractivity contribution in [2.24, 2.45) is 0 Å². The number of carbonyl (C=O) groups is 1. The molecule has 6 heteroatoms. The van der Waals surface area contributed by atoms with Gasteiger partial charge in [-0.15, -0.1) is 0 Å². The fraction of sp³-hybridized carbons (Fsp3) is 0.0769. The number of halogens is 3. The van der Waals surface area contributed by atoms with Crippen LogP contribution in [0.5, 0.6) is 0 Å². The van der Waals surface area contributed by atoms with Crippen molar-refractivity contribution in [2.45, 2.75) is 6.18 Å². The molecule has 1 N–H and O–H groups in total. The van der Waals surface area contributed by atoms with Crippen LogP contribution in [0, 0.1) is 0 Å². The summed E-state index contributed by atoms with van der Waals surface area (Å²) in [6.07, 6.45) is -2.41. The van der Waals surface area contributed by atoms with Crippen LogP contribution >= 0.6 is 0 Å². The second kappa shape index (κ2) is 4.72. The SMILES string of the molecule is O=C(O)c1ccc(-c2cncc(C(F)(F)F)c2)cc1. The van der Waals surface area contributed by atoms with Gasteiger partial charge in [0.05, 0.1) is 11.1 Å². The molecule has 0 aliphatic rings. The van der Waals surface area contributed by atoms with Crippen molar-refractivity contribution >= 4 is 5.97 Å². The van der Waals surface area contributed by atoms with Gasteiger partial charge in [-0.3, -0.25) is 4.98 Å². The molecule has 1 heterocycles. The van der Waals surface area contributed by atoms with E-state index in [-0.39, 0.29) is 11.1 Å². The number of benzene rings is 1. The molecule has 2 aromatic rings. The van der Waals surface area contributed by atoms with E-state index in [1.165, 1.54) is 30.5 Å². The molecule has 19 heavy (non-hydrogen) atoms. The number of hydrogen-bond donors (Lipinski definition) is 1. The molecule has 1 aromatic heterocycles. The topological polar surface area (TPSA) is 50.2 Å². The van der Waals surface area contributed by atoms with Gasteiger partial charge < -0.3 is 5.11 Å². The third-order valence-electron chi connectivity index (χ3n) is 2.53. The second-order valence-electron chi connectivity index (χ2n) is 3.84. The summed E-state index contributed by atoms with van der Waals surface area (Å²) in [7, 11) is 0. The number of nitrogens with zero attached hydrogens (tertiary/aromatic N) is 1. The van der Waals surface area contributed by atoms with Crippen LogP contribution in [0.1, 0.15) is 15.9 Å². The van der Waals surface area contributed by atoms with E-state index in [1.54, 1.807) is 0 Å². The Kier molecular flexibility index (Phi) is 3.25. The van der Waals surface area contributed by atoms with E-state index in [4.69, 9.17) is 5.11 Å². The standard InChI is InChI=1S/C13H8F3NO2/c14-13(15,16)11-5-10(6-17-7-11)8-1-3-9(4-2-8)12(18)19/h1-7H,(H,18,19). The molecule has 0 fully saturated rings. The number of aromatic nitrogens is 1. The Labute approximate surface area is 106 Å². The van der Waals surface area contributed by atoms with Crippen molar-refractivity contribution < 1.29 is 23.1 Å². The van der Waals surface area contributed by atoms with E-state index in [9.17, 15) is 18.0 Å². The van der Waals surface area contributed by atoms with Crippen LogP contribution in [0.2, 0.25) is 0 Å². The summed E-state index contributed by atoms with van der Waals surface area (Å²) >= 11 is 0. The third kappa shape index (κ3) is 2.90. The fourth-order valence-electron chi connectivity index (χ4n) is 1.56. The number of alkyl halides is 3. The first kappa shape index (κ1) is 13.1. The summed E-state index contributed by atoms with van der Waals surface area (Å²) < 4.78 is 37.6. The maximum Gasteiger partial charge on any atom is 0.417 e. The monoisotopic (exact) mass is 267 g/mol. The number of hydrogen-bond acceptors (Lipinski definition) is 2. The van der Waals surface area contributed by atoms with Crippen LogP contribution in [-0.4, -0.2) is 16.1 Å². The highest BCUT2D eigenvalue weighted by molar-refractivity contribution is 5.88. The summed E-state index contributed by atoms with van der Waals surface area (Å²) in [5.41, 5.74) is -0.00800. The number of aromatic carboxylic acids is 1. The maximum absolute atomic E-state index is 12.5. The number of carboxylic acids is 1. The zero-order valence-electron chi connectivity index (χ0n) is 9.48. The van der Waals surface area contributed by atoms with Gasteiger partial charge in [-0.05, 0) is 23.8 Å². The van der Waals surface area contributed by atoms with Crippen molar-refractivity contribution in [1.82, 2.24) is 4.98 Å². The Morgan fingerprint density at radius 1 is 1.05 bits per heavy atom. The molecule has 0 unspecified atom stereocenters. The van der Waals surface area contributed by atoms with Gasteiger partial charge in [-0.1, -0.05) is 12.1 Å². The highest BCUT2D eigenvalue weighted by Crippen LogP contribution is 2.31. The van der Waals surface area contributed by atoms with E-state index in [0.29, 0.717) is 5.56 Å². The molecule has 0 saturated carbocycles. The normalized spacial score (nSPS) is 11.3. The molecule has 0 aliphatic heterocycles. The molecule has 98 valence electrons. The van der Waals surface area contributed by atoms with Gasteiger partial charge in [0, 0.05) is 18.0 Å². The summed E-state index contributed by atoms with van der Waals surface area (Å²) in [5.74, 6) is -1.09. The molecule has 0 bridgehead atoms. The molecule has 2 rings (SSSR count). The van der Waals surface area contributed by atoms with Crippen molar-refractivity contribution in [1.29, 1.82) is 0 Å². The Bertz CT molecular complexity index is 606. The van der Waals surface area contributed by atoms with Gasteiger partial charge in [0.25, 0.3) is 0 Å². The Morgan fingerprint density at radius 3 is 2.21 bits per heavy atom. The van der Waals surface area contributed by atoms with Crippen LogP contribution in [0.25, 0.3) is 11.1 Å². The Morgan fingerprint density at radius 2 is 1.68 bits per heavy atom. The van der Waals surface area contributed by atoms with E-state index in [2.05, 4.69) is 4.98 Å². The van der Waals surface area contributed by atoms with Gasteiger partial charge >= 0.3 is 12.1 Å². The van der Waals surface area contributed by atoms with Crippen LogP contribution in [0.4, 0.5) is 13.2 Å². The lowest BCUT2D eigenvalue weighted by Crippen LogP contribution is -2.05. The van der Waals surface area contributed by atoms with Gasteiger partial charge in [-0.25, -0.2) is 4.79 Å². The lowest BCUT2D eigenvalue weighted by molar-refractivity contribution is -0.137. The van der Waals surface area contributed by atoms with E-state index in [0.717, 1.165) is 12.3 Å². The second-order valence-corrected chi connectivity index (χ2v) is 3.84. The molecule has 3 nitrogen and oxygen atoms in total. The zero-order chi connectivity index (χ0) is 14.0. The van der Waals surface area contributed by atoms with Gasteiger partial charge in [0.15, 0.2) is 0 Å². The highest BCUT2D eigenvalue weighted by Gasteiger charge is 2.31. The zero-order valence-corrected chi connectivity index (χ0v) is 9.48. The number of pyridine rings is 1. The minimum atomic E-state index is -4.45. The van der Waals surface area contributed by atoms with Crippen LogP contribution in [0.15, 0.2) is 42.7 Å². The summed E-state index contributed by atoms with van der Waals surface area (Å²) in [6, 6.07) is 6.53. The van der Waals surface area contributed by atoms with E-state index in [1.807, 2.05) is 0 Å². The van der Waals surface area contributed by atoms with Crippen molar-refractivity contribution in [2.75, 3.05) is 0 Å². The molecule has 0 saturated heterocycles. The lowest BCUT2D eigenvalue weighted by Gasteiger charge is -2.08. The average molecular weight is 267 g/mol. The van der Waals surface area contributed by atoms with Gasteiger partial charge in [0.1, 0.15) is 0 Å². The predicted molar refractivity (Wildman–Crippen MR) is 61.6 cm³/mol. The largest absolute Gasteiger partial charge is 0.478 e. The lowest BCUT2D eigenvalue weighted by atomic mass is 10.0. The quantitative estimate of drug-likeness (QED) is 0.906. The Hall–Kier alpha value is -2.37. The fourth-order valence-corrected chi connectivity index (χ4v) is 1.56. The van der Waals surface area contributed by atoms with Crippen molar-refractivity contribution in [3.05, 3.63) is 53.9 Å². The van der Waals surface area contributed by atoms with Crippen molar-refractivity contribution in [3.8, 4) is 11.1 Å². The summed E-state index contributed by atoms with van der Waals surface area (Å²) in [5, 5.41) is 8.74. The minimum absolute atomic E-state index is 0.0729. The molecule has 0 amide bonds. The first-order valence-corrected chi connectivity index (χ1v) is 5.24. The summed E-state index contributed by atoms with van der Waals surface area (Å²) in [4.78, 5) is 14.2. The Balaban J connectivity index is 2.39. The van der Waals surface area contributed by atoms with E-state index < -0.39 is 17.7 Å². The molecular formula is C13H8F3NO2. The highest BCUT2D eigenvalue weighted by atomic mass is 19.4. The molecule has 0 atom stereocenters. The van der Waals surface area contributed by atoms with Gasteiger partial charge in [0.2, 0.25) is 0 Å². The molecular weight excluding hydrogens is 259 g/mol. The first-order valence-electron chi connectivity index (χ1n) is 5.24.